The molecule has 0 heterocycles. The highest BCUT2D eigenvalue weighted by Crippen LogP contribution is 2.36. The first-order chi connectivity index (χ1) is 8.61. The molecular weight excluding hydrogens is 226 g/mol. The van der Waals surface area contributed by atoms with E-state index in [9.17, 15) is 9.90 Å². The third kappa shape index (κ3) is 1.93. The van der Waals surface area contributed by atoms with Gasteiger partial charge >= 0.3 is 5.97 Å². The number of benzene rings is 1. The van der Waals surface area contributed by atoms with E-state index in [0.717, 1.165) is 12.8 Å². The zero-order valence-electron chi connectivity index (χ0n) is 10.6. The molecule has 96 valence electrons. The van der Waals surface area contributed by atoms with Crippen LogP contribution in [0.5, 0.6) is 0 Å². The SMILES string of the molecule is CC1CC1NC1(C(=O)O)CCc2ccccc2C1. The summed E-state index contributed by atoms with van der Waals surface area (Å²) in [6.07, 6.45) is 3.28. The van der Waals surface area contributed by atoms with Crippen molar-refractivity contribution < 1.29 is 9.90 Å². The van der Waals surface area contributed by atoms with Crippen LogP contribution in [0.3, 0.4) is 0 Å². The van der Waals surface area contributed by atoms with Crippen LogP contribution in [0.1, 0.15) is 30.9 Å². The summed E-state index contributed by atoms with van der Waals surface area (Å²) in [5.74, 6) is -0.0745. The number of carbonyl (C=O) groups is 1. The summed E-state index contributed by atoms with van der Waals surface area (Å²) in [7, 11) is 0. The number of fused-ring (bicyclic) bond motifs is 1. The molecule has 0 saturated heterocycles. The highest BCUT2D eigenvalue weighted by molar-refractivity contribution is 5.80. The fourth-order valence-corrected chi connectivity index (χ4v) is 2.98. The molecule has 1 aromatic carbocycles. The Kier molecular flexibility index (Phi) is 2.67. The van der Waals surface area contributed by atoms with E-state index in [1.54, 1.807) is 0 Å². The molecule has 1 saturated carbocycles. The molecule has 3 nitrogen and oxygen atoms in total. The van der Waals surface area contributed by atoms with E-state index in [1.807, 2.05) is 12.1 Å². The lowest BCUT2D eigenvalue weighted by molar-refractivity contribution is -0.145. The van der Waals surface area contributed by atoms with E-state index in [1.165, 1.54) is 11.1 Å². The van der Waals surface area contributed by atoms with Gasteiger partial charge in [-0.2, -0.15) is 0 Å². The number of rotatable bonds is 3. The van der Waals surface area contributed by atoms with Crippen molar-refractivity contribution in [3.05, 3.63) is 35.4 Å². The lowest BCUT2D eigenvalue weighted by Gasteiger charge is -2.35. The maximum Gasteiger partial charge on any atom is 0.324 e. The van der Waals surface area contributed by atoms with Crippen LogP contribution in [-0.4, -0.2) is 22.7 Å². The van der Waals surface area contributed by atoms with Gasteiger partial charge in [-0.05, 0) is 36.3 Å². The van der Waals surface area contributed by atoms with Gasteiger partial charge in [-0.25, -0.2) is 0 Å². The average molecular weight is 245 g/mol. The van der Waals surface area contributed by atoms with Crippen molar-refractivity contribution in [2.75, 3.05) is 0 Å². The Morgan fingerprint density at radius 1 is 1.39 bits per heavy atom. The molecule has 2 N–H and O–H groups in total. The predicted molar refractivity (Wildman–Crippen MR) is 69.5 cm³/mol. The van der Waals surface area contributed by atoms with E-state index >= 15 is 0 Å². The van der Waals surface area contributed by atoms with E-state index in [4.69, 9.17) is 0 Å². The van der Waals surface area contributed by atoms with Crippen molar-refractivity contribution >= 4 is 5.97 Å². The highest BCUT2D eigenvalue weighted by atomic mass is 16.4. The Bertz CT molecular complexity index is 485. The summed E-state index contributed by atoms with van der Waals surface area (Å²) in [4.78, 5) is 11.7. The van der Waals surface area contributed by atoms with Crippen LogP contribution in [0.2, 0.25) is 0 Å². The van der Waals surface area contributed by atoms with Crippen LogP contribution in [0, 0.1) is 5.92 Å². The van der Waals surface area contributed by atoms with Gasteiger partial charge in [-0.3, -0.25) is 10.1 Å². The van der Waals surface area contributed by atoms with Gasteiger partial charge in [-0.15, -0.1) is 0 Å². The molecule has 0 aliphatic heterocycles. The van der Waals surface area contributed by atoms with E-state index in [-0.39, 0.29) is 0 Å². The zero-order valence-corrected chi connectivity index (χ0v) is 10.6. The quantitative estimate of drug-likeness (QED) is 0.856. The summed E-state index contributed by atoms with van der Waals surface area (Å²) in [5.41, 5.74) is 1.75. The smallest absolute Gasteiger partial charge is 0.324 e. The molecule has 3 unspecified atom stereocenters. The van der Waals surface area contributed by atoms with Gasteiger partial charge in [0.2, 0.25) is 0 Å². The Morgan fingerprint density at radius 3 is 2.67 bits per heavy atom. The molecular formula is C15H19NO2. The maximum absolute atomic E-state index is 11.7. The Hall–Kier alpha value is -1.35. The number of aliphatic carboxylic acids is 1. The lowest BCUT2D eigenvalue weighted by atomic mass is 9.78. The number of carboxylic acid groups (broad SMARTS) is 1. The minimum absolute atomic E-state index is 0.395. The number of hydrogen-bond donors (Lipinski definition) is 2. The van der Waals surface area contributed by atoms with Gasteiger partial charge in [0.05, 0.1) is 0 Å². The van der Waals surface area contributed by atoms with Crippen molar-refractivity contribution in [2.24, 2.45) is 5.92 Å². The maximum atomic E-state index is 11.7. The molecule has 2 aliphatic carbocycles. The standard InChI is InChI=1S/C15H19NO2/c1-10-8-13(10)16-15(14(17)18)7-6-11-4-2-3-5-12(11)9-15/h2-5,10,13,16H,6-9H2,1H3,(H,17,18). The van der Waals surface area contributed by atoms with Gasteiger partial charge in [0.15, 0.2) is 0 Å². The monoisotopic (exact) mass is 245 g/mol. The van der Waals surface area contributed by atoms with Crippen molar-refractivity contribution in [3.8, 4) is 0 Å². The van der Waals surface area contributed by atoms with E-state index < -0.39 is 11.5 Å². The third-order valence-corrected chi connectivity index (χ3v) is 4.41. The van der Waals surface area contributed by atoms with Crippen molar-refractivity contribution in [3.63, 3.8) is 0 Å². The lowest BCUT2D eigenvalue weighted by Crippen LogP contribution is -2.56. The van der Waals surface area contributed by atoms with Gasteiger partial charge in [0, 0.05) is 12.5 Å². The van der Waals surface area contributed by atoms with Gasteiger partial charge < -0.3 is 5.11 Å². The first-order valence-electron chi connectivity index (χ1n) is 6.69. The largest absolute Gasteiger partial charge is 0.480 e. The Balaban J connectivity index is 1.86. The first-order valence-corrected chi connectivity index (χ1v) is 6.69. The molecule has 0 aromatic heterocycles. The van der Waals surface area contributed by atoms with Crippen molar-refractivity contribution in [1.82, 2.24) is 5.32 Å². The second kappa shape index (κ2) is 4.09. The summed E-state index contributed by atoms with van der Waals surface area (Å²) in [6, 6.07) is 8.59. The molecule has 1 aromatic rings. The van der Waals surface area contributed by atoms with Gasteiger partial charge in [0.25, 0.3) is 0 Å². The molecule has 0 spiro atoms. The van der Waals surface area contributed by atoms with Crippen molar-refractivity contribution in [1.29, 1.82) is 0 Å². The molecule has 1 fully saturated rings. The Labute approximate surface area is 107 Å². The van der Waals surface area contributed by atoms with Crippen LogP contribution in [-0.2, 0) is 17.6 Å². The zero-order chi connectivity index (χ0) is 12.8. The number of carboxylic acids is 1. The van der Waals surface area contributed by atoms with Gasteiger partial charge in [-0.1, -0.05) is 31.2 Å². The summed E-state index contributed by atoms with van der Waals surface area (Å²) in [5, 5.41) is 13.0. The van der Waals surface area contributed by atoms with Crippen LogP contribution >= 0.6 is 0 Å². The van der Waals surface area contributed by atoms with Crippen molar-refractivity contribution in [2.45, 2.75) is 44.2 Å². The normalized spacial score (nSPS) is 33.8. The van der Waals surface area contributed by atoms with E-state index in [0.29, 0.717) is 24.8 Å². The second-order valence-electron chi connectivity index (χ2n) is 5.80. The van der Waals surface area contributed by atoms with Crippen LogP contribution < -0.4 is 5.32 Å². The fraction of sp³-hybridized carbons (Fsp3) is 0.533. The van der Waals surface area contributed by atoms with E-state index in [2.05, 4.69) is 24.4 Å². The topological polar surface area (TPSA) is 49.3 Å². The van der Waals surface area contributed by atoms with Crippen LogP contribution in [0.15, 0.2) is 24.3 Å². The molecule has 2 aliphatic rings. The predicted octanol–water partition coefficient (Wildman–Crippen LogP) is 2.00. The highest BCUT2D eigenvalue weighted by Gasteiger charge is 2.47. The minimum Gasteiger partial charge on any atom is -0.480 e. The number of aryl methyl sites for hydroxylation is 1. The fourth-order valence-electron chi connectivity index (χ4n) is 2.98. The molecule has 0 amide bonds. The molecule has 3 rings (SSSR count). The minimum atomic E-state index is -0.746. The third-order valence-electron chi connectivity index (χ3n) is 4.41. The van der Waals surface area contributed by atoms with Crippen LogP contribution in [0.4, 0.5) is 0 Å². The molecule has 0 bridgehead atoms. The Morgan fingerprint density at radius 2 is 2.06 bits per heavy atom. The van der Waals surface area contributed by atoms with Gasteiger partial charge in [0.1, 0.15) is 5.54 Å². The number of nitrogens with one attached hydrogen (secondary N) is 1. The summed E-state index contributed by atoms with van der Waals surface area (Å²) >= 11 is 0. The molecule has 3 atom stereocenters. The first kappa shape index (κ1) is 11.7. The second-order valence-corrected chi connectivity index (χ2v) is 5.80. The summed E-state index contributed by atoms with van der Waals surface area (Å²) in [6.45, 7) is 2.17. The van der Waals surface area contributed by atoms with Crippen LogP contribution in [0.25, 0.3) is 0 Å². The number of hydrogen-bond acceptors (Lipinski definition) is 2. The molecule has 18 heavy (non-hydrogen) atoms. The average Bonchev–Trinajstić information content (AvgIpc) is 3.04. The molecule has 0 radical (unpaired) electrons. The summed E-state index contributed by atoms with van der Waals surface area (Å²) < 4.78 is 0. The molecule has 3 heteroatoms.